The quantitative estimate of drug-likeness (QED) is 0.685. The minimum Gasteiger partial charge on any atom is -0.493 e. The standard InChI is InChI=1S/C26H34N2O3/c1-19-5-4-6-20(13-19)7-10-27-11-8-21(17-27)18-28-12-9-22-14-24(30-2)25(31-3)15-23(22)16-26(28)29/h4-6,13-15,21H,7-12,16-18H2,1-3H3. The number of methoxy groups -OCH3 is 2. The molecule has 0 aliphatic carbocycles. The molecule has 0 saturated carbocycles. The highest BCUT2D eigenvalue weighted by Gasteiger charge is 2.28. The maximum Gasteiger partial charge on any atom is 0.227 e. The summed E-state index contributed by atoms with van der Waals surface area (Å²) in [6, 6.07) is 12.8. The number of fused-ring (bicyclic) bond motifs is 1. The molecular weight excluding hydrogens is 388 g/mol. The number of carbonyl (C=O) groups excluding carboxylic acids is 1. The number of nitrogens with zero attached hydrogens (tertiary/aromatic N) is 2. The van der Waals surface area contributed by atoms with E-state index in [0.717, 1.165) is 56.9 Å². The number of rotatable bonds is 7. The normalized spacial score (nSPS) is 19.3. The van der Waals surface area contributed by atoms with E-state index in [9.17, 15) is 4.79 Å². The fourth-order valence-electron chi connectivity index (χ4n) is 4.94. The largest absolute Gasteiger partial charge is 0.493 e. The molecule has 0 radical (unpaired) electrons. The van der Waals surface area contributed by atoms with Crippen LogP contribution in [0.25, 0.3) is 0 Å². The Morgan fingerprint density at radius 3 is 2.55 bits per heavy atom. The van der Waals surface area contributed by atoms with Crippen molar-refractivity contribution in [1.29, 1.82) is 0 Å². The molecule has 0 spiro atoms. The smallest absolute Gasteiger partial charge is 0.227 e. The lowest BCUT2D eigenvalue weighted by atomic mass is 10.0. The fraction of sp³-hybridized carbons (Fsp3) is 0.500. The minimum atomic E-state index is 0.226. The van der Waals surface area contributed by atoms with E-state index >= 15 is 0 Å². The Labute approximate surface area is 185 Å². The van der Waals surface area contributed by atoms with Crippen LogP contribution in [0, 0.1) is 12.8 Å². The Bertz CT molecular complexity index is 927. The van der Waals surface area contributed by atoms with Gasteiger partial charge in [-0.2, -0.15) is 0 Å². The number of amides is 1. The Hall–Kier alpha value is -2.53. The highest BCUT2D eigenvalue weighted by Crippen LogP contribution is 2.32. The van der Waals surface area contributed by atoms with Crippen LogP contribution in [0.15, 0.2) is 36.4 Å². The summed E-state index contributed by atoms with van der Waals surface area (Å²) in [5.41, 5.74) is 5.00. The molecule has 2 heterocycles. The summed E-state index contributed by atoms with van der Waals surface area (Å²) in [5.74, 6) is 2.22. The zero-order valence-electron chi connectivity index (χ0n) is 19.0. The second-order valence-corrected chi connectivity index (χ2v) is 8.94. The molecule has 31 heavy (non-hydrogen) atoms. The summed E-state index contributed by atoms with van der Waals surface area (Å²) >= 11 is 0. The topological polar surface area (TPSA) is 42.0 Å². The molecule has 0 N–H and O–H groups in total. The molecule has 2 aromatic carbocycles. The third-order valence-corrected chi connectivity index (χ3v) is 6.70. The van der Waals surface area contributed by atoms with E-state index in [1.807, 2.05) is 12.1 Å². The van der Waals surface area contributed by atoms with E-state index in [0.29, 0.717) is 18.1 Å². The van der Waals surface area contributed by atoms with Crippen molar-refractivity contribution in [2.24, 2.45) is 5.92 Å². The first kappa shape index (κ1) is 21.7. The number of ether oxygens (including phenoxy) is 2. The lowest BCUT2D eigenvalue weighted by Crippen LogP contribution is -2.37. The Morgan fingerprint density at radius 2 is 1.81 bits per heavy atom. The summed E-state index contributed by atoms with van der Waals surface area (Å²) in [7, 11) is 3.29. The van der Waals surface area contributed by atoms with Crippen LogP contribution in [0.3, 0.4) is 0 Å². The molecular formula is C26H34N2O3. The minimum absolute atomic E-state index is 0.226. The number of aryl methyl sites for hydroxylation is 1. The first-order valence-electron chi connectivity index (χ1n) is 11.3. The van der Waals surface area contributed by atoms with E-state index in [1.54, 1.807) is 14.2 Å². The van der Waals surface area contributed by atoms with Gasteiger partial charge in [-0.25, -0.2) is 0 Å². The molecule has 0 bridgehead atoms. The maximum atomic E-state index is 13.0. The van der Waals surface area contributed by atoms with Crippen molar-refractivity contribution >= 4 is 5.91 Å². The van der Waals surface area contributed by atoms with Crippen molar-refractivity contribution in [3.05, 3.63) is 58.7 Å². The SMILES string of the molecule is COc1cc2c(cc1OC)CC(=O)N(CC1CCN(CCc3cccc(C)c3)C1)CC2. The zero-order valence-corrected chi connectivity index (χ0v) is 19.0. The van der Waals surface area contributed by atoms with Gasteiger partial charge in [-0.3, -0.25) is 4.79 Å². The fourth-order valence-corrected chi connectivity index (χ4v) is 4.94. The van der Waals surface area contributed by atoms with Crippen LogP contribution < -0.4 is 9.47 Å². The third kappa shape index (κ3) is 5.21. The van der Waals surface area contributed by atoms with Gasteiger partial charge in [0.1, 0.15) is 0 Å². The van der Waals surface area contributed by atoms with Crippen LogP contribution in [0.1, 0.15) is 28.7 Å². The molecule has 1 unspecified atom stereocenters. The van der Waals surface area contributed by atoms with Crippen molar-refractivity contribution in [3.8, 4) is 11.5 Å². The van der Waals surface area contributed by atoms with E-state index in [1.165, 1.54) is 23.1 Å². The zero-order chi connectivity index (χ0) is 21.8. The van der Waals surface area contributed by atoms with E-state index in [-0.39, 0.29) is 5.91 Å². The van der Waals surface area contributed by atoms with Gasteiger partial charge in [0.2, 0.25) is 5.91 Å². The van der Waals surface area contributed by atoms with Gasteiger partial charge in [0, 0.05) is 26.2 Å². The number of hydrogen-bond acceptors (Lipinski definition) is 4. The molecule has 0 aromatic heterocycles. The van der Waals surface area contributed by atoms with Crippen LogP contribution in [0.5, 0.6) is 11.5 Å². The maximum absolute atomic E-state index is 13.0. The van der Waals surface area contributed by atoms with Gasteiger partial charge in [-0.15, -0.1) is 0 Å². The average molecular weight is 423 g/mol. The van der Waals surface area contributed by atoms with Crippen molar-refractivity contribution in [1.82, 2.24) is 9.80 Å². The number of likely N-dealkylation sites (tertiary alicyclic amines) is 1. The third-order valence-electron chi connectivity index (χ3n) is 6.70. The lowest BCUT2D eigenvalue weighted by molar-refractivity contribution is -0.130. The van der Waals surface area contributed by atoms with Crippen LogP contribution in [-0.4, -0.2) is 62.7 Å². The summed E-state index contributed by atoms with van der Waals surface area (Å²) in [6.07, 6.45) is 3.58. The predicted molar refractivity (Wildman–Crippen MR) is 123 cm³/mol. The molecule has 5 nitrogen and oxygen atoms in total. The van der Waals surface area contributed by atoms with Gasteiger partial charge >= 0.3 is 0 Å². The molecule has 5 heteroatoms. The van der Waals surface area contributed by atoms with E-state index in [4.69, 9.17) is 9.47 Å². The second kappa shape index (κ2) is 9.73. The summed E-state index contributed by atoms with van der Waals surface area (Å²) in [5, 5.41) is 0. The highest BCUT2D eigenvalue weighted by molar-refractivity contribution is 5.80. The molecule has 1 saturated heterocycles. The van der Waals surface area contributed by atoms with Crippen LogP contribution in [-0.2, 0) is 24.1 Å². The lowest BCUT2D eigenvalue weighted by Gasteiger charge is -2.24. The first-order chi connectivity index (χ1) is 15.1. The monoisotopic (exact) mass is 422 g/mol. The van der Waals surface area contributed by atoms with Crippen LogP contribution in [0.4, 0.5) is 0 Å². The predicted octanol–water partition coefficient (Wildman–Crippen LogP) is 3.50. The van der Waals surface area contributed by atoms with Gasteiger partial charge in [-0.05, 0) is 67.5 Å². The number of hydrogen-bond donors (Lipinski definition) is 0. The van der Waals surface area contributed by atoms with Crippen molar-refractivity contribution in [3.63, 3.8) is 0 Å². The molecule has 1 fully saturated rings. The Balaban J connectivity index is 1.32. The van der Waals surface area contributed by atoms with Gasteiger partial charge in [0.05, 0.1) is 20.6 Å². The van der Waals surface area contributed by atoms with Crippen molar-refractivity contribution < 1.29 is 14.3 Å². The summed E-state index contributed by atoms with van der Waals surface area (Å²) in [6.45, 7) is 7.11. The molecule has 1 amide bonds. The van der Waals surface area contributed by atoms with Gasteiger partial charge < -0.3 is 19.3 Å². The molecule has 166 valence electrons. The molecule has 4 rings (SSSR count). The van der Waals surface area contributed by atoms with Crippen LogP contribution >= 0.6 is 0 Å². The summed E-state index contributed by atoms with van der Waals surface area (Å²) in [4.78, 5) is 17.6. The first-order valence-corrected chi connectivity index (χ1v) is 11.3. The Morgan fingerprint density at radius 1 is 1.03 bits per heavy atom. The molecule has 2 aliphatic rings. The second-order valence-electron chi connectivity index (χ2n) is 8.94. The number of carbonyl (C=O) groups is 1. The van der Waals surface area contributed by atoms with Gasteiger partial charge in [-0.1, -0.05) is 29.8 Å². The van der Waals surface area contributed by atoms with Crippen molar-refractivity contribution in [2.45, 2.75) is 32.6 Å². The molecule has 1 atom stereocenters. The van der Waals surface area contributed by atoms with E-state index in [2.05, 4.69) is 41.0 Å². The Kier molecular flexibility index (Phi) is 6.81. The average Bonchev–Trinajstić information content (AvgIpc) is 3.16. The number of benzene rings is 2. The molecule has 2 aliphatic heterocycles. The highest BCUT2D eigenvalue weighted by atomic mass is 16.5. The van der Waals surface area contributed by atoms with Gasteiger partial charge in [0.15, 0.2) is 11.5 Å². The summed E-state index contributed by atoms with van der Waals surface area (Å²) < 4.78 is 10.9. The van der Waals surface area contributed by atoms with Crippen LogP contribution in [0.2, 0.25) is 0 Å². The van der Waals surface area contributed by atoms with E-state index < -0.39 is 0 Å². The van der Waals surface area contributed by atoms with Crippen molar-refractivity contribution in [2.75, 3.05) is 46.9 Å². The van der Waals surface area contributed by atoms with Gasteiger partial charge in [0.25, 0.3) is 0 Å². The molecule has 2 aromatic rings.